The average Bonchev–Trinajstić information content (AvgIpc) is 2.59. The summed E-state index contributed by atoms with van der Waals surface area (Å²) in [6.45, 7) is 1.84. The van der Waals surface area contributed by atoms with Crippen molar-refractivity contribution in [2.75, 3.05) is 13.1 Å². The number of likely N-dealkylation sites (tertiary alicyclic amines) is 1. The maximum Gasteiger partial charge on any atom is 0.348 e. The van der Waals surface area contributed by atoms with Crippen LogP contribution in [0.3, 0.4) is 0 Å². The van der Waals surface area contributed by atoms with Gasteiger partial charge in [-0.3, -0.25) is 9.88 Å². The number of ether oxygens (including phenoxy) is 1. The largest absolute Gasteiger partial charge is 0.478 e. The molecule has 1 N–H and O–H groups in total. The fourth-order valence-electron chi connectivity index (χ4n) is 2.92. The van der Waals surface area contributed by atoms with E-state index in [9.17, 15) is 14.3 Å². The first-order valence-electron chi connectivity index (χ1n) is 7.87. The van der Waals surface area contributed by atoms with Crippen LogP contribution in [0.5, 0.6) is 5.75 Å². The van der Waals surface area contributed by atoms with Crippen molar-refractivity contribution in [2.24, 2.45) is 0 Å². The Morgan fingerprint density at radius 2 is 2.00 bits per heavy atom. The van der Waals surface area contributed by atoms with Gasteiger partial charge in [-0.1, -0.05) is 18.2 Å². The first-order valence-corrected chi connectivity index (χ1v) is 7.87. The monoisotopic (exact) mass is 330 g/mol. The predicted molar refractivity (Wildman–Crippen MR) is 86.1 cm³/mol. The first kappa shape index (κ1) is 16.4. The second kappa shape index (κ2) is 6.97. The van der Waals surface area contributed by atoms with E-state index in [0.29, 0.717) is 32.5 Å². The normalized spacial score (nSPS) is 17.4. The summed E-state index contributed by atoms with van der Waals surface area (Å²) in [6, 6.07) is 9.77. The Kier molecular flexibility index (Phi) is 4.76. The highest BCUT2D eigenvalue weighted by Gasteiger charge is 2.44. The summed E-state index contributed by atoms with van der Waals surface area (Å²) in [4.78, 5) is 18.0. The standard InChI is InChI=1S/C18H19FN2O3/c19-15-5-1-2-6-16(15)24-18(17(22)23)7-10-21(11-8-18)13-14-4-3-9-20-12-14/h1-6,9,12H,7-8,10-11,13H2,(H,22,23). The number of hydrogen-bond acceptors (Lipinski definition) is 4. The van der Waals surface area contributed by atoms with Crippen LogP contribution in [0, 0.1) is 5.82 Å². The number of halogens is 1. The number of aliphatic carboxylic acids is 1. The molecule has 1 aliphatic rings. The third-order valence-electron chi connectivity index (χ3n) is 4.32. The van der Waals surface area contributed by atoms with Gasteiger partial charge in [-0.25, -0.2) is 9.18 Å². The topological polar surface area (TPSA) is 62.7 Å². The molecule has 1 fully saturated rings. The van der Waals surface area contributed by atoms with Gasteiger partial charge in [-0.2, -0.15) is 0 Å². The van der Waals surface area contributed by atoms with Gasteiger partial charge in [-0.15, -0.1) is 0 Å². The van der Waals surface area contributed by atoms with Crippen molar-refractivity contribution in [3.8, 4) is 5.75 Å². The molecule has 5 nitrogen and oxygen atoms in total. The van der Waals surface area contributed by atoms with E-state index in [4.69, 9.17) is 4.74 Å². The summed E-state index contributed by atoms with van der Waals surface area (Å²) in [5.74, 6) is -1.61. The summed E-state index contributed by atoms with van der Waals surface area (Å²) in [5, 5.41) is 9.64. The molecule has 0 unspecified atom stereocenters. The van der Waals surface area contributed by atoms with Gasteiger partial charge in [0.15, 0.2) is 11.6 Å². The Morgan fingerprint density at radius 1 is 1.25 bits per heavy atom. The van der Waals surface area contributed by atoms with Gasteiger partial charge >= 0.3 is 5.97 Å². The SMILES string of the molecule is O=C(O)C1(Oc2ccccc2F)CCN(Cc2cccnc2)CC1. The lowest BCUT2D eigenvalue weighted by molar-refractivity contribution is -0.160. The number of carboxylic acids is 1. The van der Waals surface area contributed by atoms with Crippen LogP contribution >= 0.6 is 0 Å². The van der Waals surface area contributed by atoms with Crippen LogP contribution < -0.4 is 4.74 Å². The molecule has 0 spiro atoms. The number of rotatable bonds is 5. The van der Waals surface area contributed by atoms with E-state index in [2.05, 4.69) is 9.88 Å². The van der Waals surface area contributed by atoms with E-state index >= 15 is 0 Å². The lowest BCUT2D eigenvalue weighted by atomic mass is 9.90. The first-order chi connectivity index (χ1) is 11.6. The van der Waals surface area contributed by atoms with Crippen molar-refractivity contribution in [1.29, 1.82) is 0 Å². The Labute approximate surface area is 139 Å². The van der Waals surface area contributed by atoms with Crippen LogP contribution in [-0.4, -0.2) is 39.7 Å². The summed E-state index contributed by atoms with van der Waals surface area (Å²) >= 11 is 0. The minimum atomic E-state index is -1.38. The van der Waals surface area contributed by atoms with E-state index in [1.54, 1.807) is 24.5 Å². The quantitative estimate of drug-likeness (QED) is 0.913. The molecule has 1 aliphatic heterocycles. The van der Waals surface area contributed by atoms with Gasteiger partial charge < -0.3 is 9.84 Å². The zero-order chi connectivity index (χ0) is 17.0. The van der Waals surface area contributed by atoms with E-state index < -0.39 is 17.4 Å². The maximum atomic E-state index is 13.8. The molecule has 3 rings (SSSR count). The molecule has 24 heavy (non-hydrogen) atoms. The maximum absolute atomic E-state index is 13.8. The highest BCUT2D eigenvalue weighted by molar-refractivity contribution is 5.78. The number of piperidine rings is 1. The number of benzene rings is 1. The van der Waals surface area contributed by atoms with Gasteiger partial charge in [0, 0.05) is 44.9 Å². The second-order valence-electron chi connectivity index (χ2n) is 5.97. The van der Waals surface area contributed by atoms with Crippen LogP contribution in [0.15, 0.2) is 48.8 Å². The van der Waals surface area contributed by atoms with Gasteiger partial charge in [0.2, 0.25) is 5.60 Å². The Balaban J connectivity index is 1.68. The number of pyridine rings is 1. The van der Waals surface area contributed by atoms with Crippen molar-refractivity contribution >= 4 is 5.97 Å². The van der Waals surface area contributed by atoms with E-state index in [0.717, 1.165) is 5.56 Å². The van der Waals surface area contributed by atoms with Gasteiger partial charge in [0.25, 0.3) is 0 Å². The highest BCUT2D eigenvalue weighted by atomic mass is 19.1. The highest BCUT2D eigenvalue weighted by Crippen LogP contribution is 2.31. The summed E-state index contributed by atoms with van der Waals surface area (Å²) in [6.07, 6.45) is 4.13. The van der Waals surface area contributed by atoms with Crippen molar-refractivity contribution in [3.05, 3.63) is 60.2 Å². The zero-order valence-corrected chi connectivity index (χ0v) is 13.2. The van der Waals surface area contributed by atoms with Crippen molar-refractivity contribution in [3.63, 3.8) is 0 Å². The van der Waals surface area contributed by atoms with Crippen molar-refractivity contribution in [2.45, 2.75) is 25.0 Å². The van der Waals surface area contributed by atoms with Crippen LogP contribution in [0.4, 0.5) is 4.39 Å². The lowest BCUT2D eigenvalue weighted by Crippen LogP contribution is -2.53. The Hall–Kier alpha value is -2.47. The molecule has 0 amide bonds. The lowest BCUT2D eigenvalue weighted by Gasteiger charge is -2.38. The zero-order valence-electron chi connectivity index (χ0n) is 13.2. The minimum Gasteiger partial charge on any atom is -0.478 e. The Morgan fingerprint density at radius 3 is 2.62 bits per heavy atom. The number of aromatic nitrogens is 1. The molecule has 0 radical (unpaired) electrons. The molecule has 2 heterocycles. The summed E-state index contributed by atoms with van der Waals surface area (Å²) in [7, 11) is 0. The smallest absolute Gasteiger partial charge is 0.348 e. The number of para-hydroxylation sites is 1. The fourth-order valence-corrected chi connectivity index (χ4v) is 2.92. The second-order valence-corrected chi connectivity index (χ2v) is 5.97. The minimum absolute atomic E-state index is 0.0133. The van der Waals surface area contributed by atoms with Gasteiger partial charge in [0.1, 0.15) is 0 Å². The van der Waals surface area contributed by atoms with Gasteiger partial charge in [-0.05, 0) is 23.8 Å². The summed E-state index contributed by atoms with van der Waals surface area (Å²) < 4.78 is 19.4. The van der Waals surface area contributed by atoms with Crippen LogP contribution in [0.2, 0.25) is 0 Å². The number of carbonyl (C=O) groups is 1. The predicted octanol–water partition coefficient (Wildman–Crippen LogP) is 2.72. The number of carboxylic acid groups (broad SMARTS) is 1. The molecule has 0 atom stereocenters. The van der Waals surface area contributed by atoms with Crippen molar-refractivity contribution in [1.82, 2.24) is 9.88 Å². The van der Waals surface area contributed by atoms with Crippen LogP contribution in [0.25, 0.3) is 0 Å². The van der Waals surface area contributed by atoms with Crippen LogP contribution in [0.1, 0.15) is 18.4 Å². The molecule has 0 bridgehead atoms. The average molecular weight is 330 g/mol. The number of hydrogen-bond donors (Lipinski definition) is 1. The summed E-state index contributed by atoms with van der Waals surface area (Å²) in [5.41, 5.74) is -0.302. The van der Waals surface area contributed by atoms with E-state index in [-0.39, 0.29) is 5.75 Å². The molecule has 1 aromatic heterocycles. The molecule has 1 saturated heterocycles. The molecular weight excluding hydrogens is 311 g/mol. The molecule has 126 valence electrons. The molecular formula is C18H19FN2O3. The van der Waals surface area contributed by atoms with Gasteiger partial charge in [0.05, 0.1) is 0 Å². The van der Waals surface area contributed by atoms with E-state index in [1.165, 1.54) is 12.1 Å². The third kappa shape index (κ3) is 3.54. The Bertz CT molecular complexity index is 700. The molecule has 1 aromatic carbocycles. The number of nitrogens with zero attached hydrogens (tertiary/aromatic N) is 2. The molecule has 0 aliphatic carbocycles. The third-order valence-corrected chi connectivity index (χ3v) is 4.32. The molecule has 0 saturated carbocycles. The van der Waals surface area contributed by atoms with Crippen molar-refractivity contribution < 1.29 is 19.0 Å². The van der Waals surface area contributed by atoms with Crippen LogP contribution in [-0.2, 0) is 11.3 Å². The molecule has 6 heteroatoms. The van der Waals surface area contributed by atoms with E-state index in [1.807, 2.05) is 12.1 Å². The fraction of sp³-hybridized carbons (Fsp3) is 0.333. The molecule has 2 aromatic rings.